The zero-order valence-corrected chi connectivity index (χ0v) is 17.1. The summed E-state index contributed by atoms with van der Waals surface area (Å²) in [5, 5.41) is 11.7. The molecule has 0 atom stereocenters. The topological polar surface area (TPSA) is 27.3 Å². The molecule has 1 heterocycles. The van der Waals surface area contributed by atoms with E-state index in [1.165, 1.54) is 32.9 Å². The first kappa shape index (κ1) is 19.3. The van der Waals surface area contributed by atoms with Gasteiger partial charge in [0.05, 0.1) is 17.4 Å². The van der Waals surface area contributed by atoms with Crippen molar-refractivity contribution in [3.05, 3.63) is 72.8 Å². The van der Waals surface area contributed by atoms with E-state index in [2.05, 4.69) is 89.3 Å². The van der Waals surface area contributed by atoms with Crippen molar-refractivity contribution in [3.63, 3.8) is 0 Å². The van der Waals surface area contributed by atoms with Crippen LogP contribution in [0.2, 0.25) is 0 Å². The normalized spacial score (nSPS) is 10.8. The molecule has 0 spiro atoms. The molecule has 4 heteroatoms. The van der Waals surface area contributed by atoms with Crippen molar-refractivity contribution in [2.24, 2.45) is 7.05 Å². The van der Waals surface area contributed by atoms with Crippen LogP contribution in [0.5, 0.6) is 0 Å². The van der Waals surface area contributed by atoms with Crippen LogP contribution in [0.3, 0.4) is 0 Å². The van der Waals surface area contributed by atoms with Crippen LogP contribution in [0.4, 0.5) is 5.69 Å². The van der Waals surface area contributed by atoms with Crippen LogP contribution in [-0.4, -0.2) is 25.3 Å². The number of halogens is 1. The fourth-order valence-corrected chi connectivity index (χ4v) is 3.70. The van der Waals surface area contributed by atoms with Gasteiger partial charge in [-0.3, -0.25) is 0 Å². The lowest BCUT2D eigenvalue weighted by atomic mass is 9.95. The lowest BCUT2D eigenvalue weighted by molar-refractivity contribution is -0.617. The fraction of sp³-hybridized carbons (Fsp3) is 0.174. The Morgan fingerprint density at radius 1 is 0.815 bits per heavy atom. The Morgan fingerprint density at radius 2 is 1.33 bits per heavy atom. The maximum Gasteiger partial charge on any atom is 0.213 e. The summed E-state index contributed by atoms with van der Waals surface area (Å²) in [5.74, 6) is 0. The number of anilines is 1. The van der Waals surface area contributed by atoms with Crippen molar-refractivity contribution in [3.8, 4) is 11.1 Å². The summed E-state index contributed by atoms with van der Waals surface area (Å²) >= 11 is 0. The largest absolute Gasteiger partial charge is 1.00 e. The van der Waals surface area contributed by atoms with E-state index in [0.29, 0.717) is 6.54 Å². The van der Waals surface area contributed by atoms with Crippen LogP contribution < -0.4 is 26.4 Å². The van der Waals surface area contributed by atoms with Crippen LogP contribution in [0.1, 0.15) is 0 Å². The predicted octanol–water partition coefficient (Wildman–Crippen LogP) is 0.917. The molecule has 27 heavy (non-hydrogen) atoms. The third-order valence-electron chi connectivity index (χ3n) is 5.10. The van der Waals surface area contributed by atoms with Crippen LogP contribution >= 0.6 is 0 Å². The first-order valence-electron chi connectivity index (χ1n) is 8.92. The molecule has 138 valence electrons. The Morgan fingerprint density at radius 3 is 1.85 bits per heavy atom. The zero-order valence-electron chi connectivity index (χ0n) is 15.6. The summed E-state index contributed by atoms with van der Waals surface area (Å²) in [6.45, 7) is 0.787. The van der Waals surface area contributed by atoms with E-state index in [1.807, 2.05) is 7.05 Å². The van der Waals surface area contributed by atoms with Crippen LogP contribution in [0.15, 0.2) is 72.8 Å². The number of rotatable bonds is 4. The van der Waals surface area contributed by atoms with Gasteiger partial charge in [0.2, 0.25) is 11.0 Å². The van der Waals surface area contributed by atoms with Crippen LogP contribution in [0, 0.1) is 0 Å². The molecular formula is C23H23BrN2O. The van der Waals surface area contributed by atoms with Crippen molar-refractivity contribution in [1.82, 2.24) is 0 Å². The Bertz CT molecular complexity index is 1020. The second-order valence-electron chi connectivity index (χ2n) is 6.66. The number of fused-ring (bicyclic) bond motifs is 2. The van der Waals surface area contributed by atoms with Crippen molar-refractivity contribution >= 4 is 27.5 Å². The van der Waals surface area contributed by atoms with E-state index in [1.54, 1.807) is 0 Å². The number of aromatic nitrogens is 1. The van der Waals surface area contributed by atoms with E-state index in [4.69, 9.17) is 5.11 Å². The zero-order chi connectivity index (χ0) is 18.1. The molecule has 3 nitrogen and oxygen atoms in total. The molecule has 0 saturated carbocycles. The van der Waals surface area contributed by atoms with Gasteiger partial charge in [0.15, 0.2) is 0 Å². The third kappa shape index (κ3) is 3.43. The number of likely N-dealkylation sites (N-methyl/N-ethyl adjacent to an activating group) is 1. The summed E-state index contributed by atoms with van der Waals surface area (Å²) < 4.78 is 2.26. The van der Waals surface area contributed by atoms with Gasteiger partial charge < -0.3 is 27.0 Å². The SMILES string of the molecule is CN(CCO)c1ccc(-c2c3ccccc3[n+](C)c3ccccc23)cc1.[Br-]. The van der Waals surface area contributed by atoms with Crippen molar-refractivity contribution in [2.45, 2.75) is 0 Å². The number of aryl methyl sites for hydroxylation is 1. The molecule has 1 aromatic heterocycles. The van der Waals surface area contributed by atoms with E-state index >= 15 is 0 Å². The molecule has 0 saturated heterocycles. The monoisotopic (exact) mass is 422 g/mol. The van der Waals surface area contributed by atoms with Gasteiger partial charge in [-0.25, -0.2) is 0 Å². The molecule has 0 bridgehead atoms. The highest BCUT2D eigenvalue weighted by atomic mass is 79.9. The molecule has 1 N–H and O–H groups in total. The van der Waals surface area contributed by atoms with Crippen LogP contribution in [0.25, 0.3) is 32.9 Å². The van der Waals surface area contributed by atoms with Crippen molar-refractivity contribution in [2.75, 3.05) is 25.1 Å². The number of nitrogens with zero attached hydrogens (tertiary/aromatic N) is 2. The molecule has 0 aliphatic rings. The Labute approximate surface area is 170 Å². The number of hydrogen-bond donors (Lipinski definition) is 1. The number of aliphatic hydroxyl groups is 1. The number of aliphatic hydroxyl groups excluding tert-OH is 1. The lowest BCUT2D eigenvalue weighted by Crippen LogP contribution is -3.00. The fourth-order valence-electron chi connectivity index (χ4n) is 3.70. The summed E-state index contributed by atoms with van der Waals surface area (Å²) in [4.78, 5) is 2.06. The van der Waals surface area contributed by atoms with E-state index in [-0.39, 0.29) is 23.6 Å². The second kappa shape index (κ2) is 8.07. The molecule has 3 aromatic carbocycles. The van der Waals surface area contributed by atoms with Gasteiger partial charge in [0.1, 0.15) is 7.05 Å². The van der Waals surface area contributed by atoms with E-state index in [9.17, 15) is 0 Å². The van der Waals surface area contributed by atoms with Gasteiger partial charge in [0.25, 0.3) is 0 Å². The highest BCUT2D eigenvalue weighted by Gasteiger charge is 2.18. The molecule has 0 fully saturated rings. The maximum atomic E-state index is 9.15. The maximum absolute atomic E-state index is 9.15. The highest BCUT2D eigenvalue weighted by molar-refractivity contribution is 6.07. The average molecular weight is 423 g/mol. The standard InChI is InChI=1S/C23H23N2O.BrH/c1-24(15-16-26)18-13-11-17(12-14-18)23-19-7-3-5-9-21(19)25(2)22-10-6-4-8-20(22)23;/h3-14,26H,15-16H2,1-2H3;1H/q+1;/p-1. The smallest absolute Gasteiger partial charge is 0.213 e. The molecule has 0 unspecified atom stereocenters. The van der Waals surface area contributed by atoms with Crippen molar-refractivity contribution < 1.29 is 26.7 Å². The second-order valence-corrected chi connectivity index (χ2v) is 6.66. The molecule has 0 amide bonds. The van der Waals surface area contributed by atoms with Crippen LogP contribution in [-0.2, 0) is 7.05 Å². The van der Waals surface area contributed by atoms with Gasteiger partial charge in [-0.05, 0) is 29.8 Å². The molecule has 0 aliphatic carbocycles. The number of benzene rings is 3. The first-order valence-corrected chi connectivity index (χ1v) is 8.92. The Balaban J connectivity index is 0.00000210. The number of hydrogen-bond acceptors (Lipinski definition) is 2. The van der Waals surface area contributed by atoms with Gasteiger partial charge in [-0.1, -0.05) is 36.4 Å². The van der Waals surface area contributed by atoms with Gasteiger partial charge >= 0.3 is 0 Å². The minimum Gasteiger partial charge on any atom is -1.00 e. The third-order valence-corrected chi connectivity index (χ3v) is 5.10. The minimum atomic E-state index is 0. The quantitative estimate of drug-likeness (QED) is 0.391. The lowest BCUT2D eigenvalue weighted by Gasteiger charge is -2.18. The Kier molecular flexibility index (Phi) is 5.78. The van der Waals surface area contributed by atoms with E-state index in [0.717, 1.165) is 5.69 Å². The van der Waals surface area contributed by atoms with Gasteiger partial charge in [0, 0.05) is 37.0 Å². The summed E-state index contributed by atoms with van der Waals surface area (Å²) in [6.07, 6.45) is 0. The molecule has 4 aromatic rings. The molecule has 0 aliphatic heterocycles. The average Bonchev–Trinajstić information content (AvgIpc) is 2.69. The summed E-state index contributed by atoms with van der Waals surface area (Å²) in [5.41, 5.74) is 6.04. The number of pyridine rings is 1. The van der Waals surface area contributed by atoms with Gasteiger partial charge in [-0.2, -0.15) is 4.57 Å². The minimum absolute atomic E-state index is 0. The first-order chi connectivity index (χ1) is 12.7. The summed E-state index contributed by atoms with van der Waals surface area (Å²) in [7, 11) is 4.12. The highest BCUT2D eigenvalue weighted by Crippen LogP contribution is 2.34. The molecular weight excluding hydrogens is 400 g/mol. The van der Waals surface area contributed by atoms with Gasteiger partial charge in [-0.15, -0.1) is 0 Å². The molecule has 0 radical (unpaired) electrons. The number of para-hydroxylation sites is 2. The van der Waals surface area contributed by atoms with E-state index < -0.39 is 0 Å². The Hall–Kier alpha value is -2.43. The van der Waals surface area contributed by atoms with Crippen molar-refractivity contribution in [1.29, 1.82) is 0 Å². The molecule has 4 rings (SSSR count). The summed E-state index contributed by atoms with van der Waals surface area (Å²) in [6, 6.07) is 25.7. The predicted molar refractivity (Wildman–Crippen MR) is 108 cm³/mol.